The van der Waals surface area contributed by atoms with Crippen LogP contribution in [0.15, 0.2) is 12.1 Å². The van der Waals surface area contributed by atoms with Gasteiger partial charge in [-0.3, -0.25) is 9.78 Å². The Kier molecular flexibility index (Phi) is 4.36. The first-order valence-electron chi connectivity index (χ1n) is 10.2. The number of piperidine rings is 2. The number of hydrogen-bond donors (Lipinski definition) is 3. The number of nitrogens with zero attached hydrogens (tertiary/aromatic N) is 6. The topological polar surface area (TPSA) is 108 Å². The summed E-state index contributed by atoms with van der Waals surface area (Å²) in [5, 5.41) is 27.0. The summed E-state index contributed by atoms with van der Waals surface area (Å²) in [5.74, 6) is 0.709. The molecule has 2 bridgehead atoms. The Balaban J connectivity index is 1.50. The third-order valence-electron chi connectivity index (χ3n) is 6.35. The average molecular weight is 459 g/mol. The number of aryl methyl sites for hydroxylation is 1. The van der Waals surface area contributed by atoms with E-state index >= 15 is 0 Å². The summed E-state index contributed by atoms with van der Waals surface area (Å²) in [5.41, 5.74) is 3.65. The lowest BCUT2D eigenvalue weighted by Gasteiger charge is -2.46. The molecule has 0 aliphatic carbocycles. The summed E-state index contributed by atoms with van der Waals surface area (Å²) in [7, 11) is 1.77. The molecular weight excluding hydrogens is 439 g/mol. The molecule has 7 rings (SSSR count). The van der Waals surface area contributed by atoms with Gasteiger partial charge in [0.2, 0.25) is 5.65 Å². The van der Waals surface area contributed by atoms with Crippen LogP contribution in [0.3, 0.4) is 0 Å². The highest BCUT2D eigenvalue weighted by atomic mass is 35.5. The molecule has 9 nitrogen and oxygen atoms in total. The number of aliphatic hydroxyl groups excluding tert-OH is 1. The Morgan fingerprint density at radius 1 is 1.23 bits per heavy atom. The highest BCUT2D eigenvalue weighted by Crippen LogP contribution is 2.39. The Bertz CT molecular complexity index is 1320. The van der Waals surface area contributed by atoms with Crippen LogP contribution in [-0.4, -0.2) is 60.2 Å². The number of H-pyrrole nitrogens is 1. The highest BCUT2D eigenvalue weighted by Gasteiger charge is 2.35. The maximum atomic E-state index is 10.1. The molecule has 160 valence electrons. The van der Waals surface area contributed by atoms with E-state index in [-0.39, 0.29) is 6.61 Å². The van der Waals surface area contributed by atoms with Gasteiger partial charge in [0.15, 0.2) is 5.82 Å². The number of nitrogens with one attached hydrogen (secondary N) is 2. The van der Waals surface area contributed by atoms with E-state index in [2.05, 4.69) is 25.5 Å². The molecule has 3 fully saturated rings. The number of benzene rings is 1. The molecule has 0 amide bonds. The molecule has 3 aromatic heterocycles. The standard InChI is InChI=1S/C20H20Cl2N8O/c1-29-18(22)14-12(28-29)5-4-11(15(14)21)16-17-19(27-26-16)25-20(13(8-31)24-17)30-7-9-2-3-10(30)6-23-9/h4-5,9-10,23,31H,2-3,6-8H2,1H3,(H,25,26,27)/t9?,10-/m0/s1. The predicted octanol–water partition coefficient (Wildman–Crippen LogP) is 2.65. The third-order valence-corrected chi connectivity index (χ3v) is 7.17. The van der Waals surface area contributed by atoms with Crippen molar-refractivity contribution in [2.75, 3.05) is 18.0 Å². The molecule has 3 N–H and O–H groups in total. The van der Waals surface area contributed by atoms with Gasteiger partial charge in [-0.05, 0) is 25.0 Å². The molecule has 0 radical (unpaired) electrons. The van der Waals surface area contributed by atoms with E-state index in [0.29, 0.717) is 67.1 Å². The molecule has 3 aliphatic heterocycles. The maximum Gasteiger partial charge on any atom is 0.202 e. The third kappa shape index (κ3) is 2.84. The number of aromatic nitrogens is 6. The van der Waals surface area contributed by atoms with Crippen molar-refractivity contribution in [3.05, 3.63) is 28.0 Å². The normalized spacial score (nSPS) is 21.0. The number of rotatable bonds is 3. The molecule has 0 spiro atoms. The Morgan fingerprint density at radius 3 is 2.81 bits per heavy atom. The fourth-order valence-electron chi connectivity index (χ4n) is 4.76. The molecule has 1 unspecified atom stereocenters. The largest absolute Gasteiger partial charge is 0.390 e. The number of aliphatic hydroxyl groups is 1. The van der Waals surface area contributed by atoms with Crippen molar-refractivity contribution < 1.29 is 5.11 Å². The molecule has 2 atom stereocenters. The van der Waals surface area contributed by atoms with Crippen molar-refractivity contribution in [1.82, 2.24) is 35.3 Å². The smallest absolute Gasteiger partial charge is 0.202 e. The van der Waals surface area contributed by atoms with E-state index in [0.717, 1.165) is 25.9 Å². The molecule has 1 aromatic carbocycles. The molecule has 11 heteroatoms. The molecule has 0 saturated carbocycles. The lowest BCUT2D eigenvalue weighted by molar-refractivity contribution is 0.269. The van der Waals surface area contributed by atoms with E-state index in [1.165, 1.54) is 0 Å². The SMILES string of the molecule is Cn1nc2ccc(-c3[nH]nc4nc(N5CC6CC[C@H]5CN6)c(CO)nc34)c(Cl)c2c1Cl. The number of anilines is 1. The molecule has 4 aromatic rings. The van der Waals surface area contributed by atoms with Crippen molar-refractivity contribution in [2.24, 2.45) is 7.05 Å². The minimum Gasteiger partial charge on any atom is -0.390 e. The quantitative estimate of drug-likeness (QED) is 0.432. The first-order valence-corrected chi connectivity index (χ1v) is 11.0. The van der Waals surface area contributed by atoms with Crippen LogP contribution in [0.5, 0.6) is 0 Å². The van der Waals surface area contributed by atoms with Crippen molar-refractivity contribution in [2.45, 2.75) is 31.5 Å². The van der Waals surface area contributed by atoms with E-state index in [1.807, 2.05) is 12.1 Å². The van der Waals surface area contributed by atoms with Gasteiger partial charge in [0.05, 0.1) is 28.2 Å². The lowest BCUT2D eigenvalue weighted by Crippen LogP contribution is -2.61. The number of hydrogen-bond acceptors (Lipinski definition) is 7. The van der Waals surface area contributed by atoms with Gasteiger partial charge in [-0.1, -0.05) is 23.2 Å². The van der Waals surface area contributed by atoms with Crippen LogP contribution in [0.1, 0.15) is 18.5 Å². The van der Waals surface area contributed by atoms with Crippen LogP contribution in [-0.2, 0) is 13.7 Å². The molecule has 3 aliphatic rings. The monoisotopic (exact) mass is 458 g/mol. The van der Waals surface area contributed by atoms with Gasteiger partial charge in [0.1, 0.15) is 16.4 Å². The summed E-state index contributed by atoms with van der Waals surface area (Å²) < 4.78 is 1.59. The van der Waals surface area contributed by atoms with Crippen LogP contribution < -0.4 is 10.2 Å². The minimum absolute atomic E-state index is 0.203. The van der Waals surface area contributed by atoms with Crippen molar-refractivity contribution in [1.29, 1.82) is 0 Å². The second-order valence-corrected chi connectivity index (χ2v) is 8.88. The summed E-state index contributed by atoms with van der Waals surface area (Å²) in [6, 6.07) is 4.52. The van der Waals surface area contributed by atoms with Gasteiger partial charge < -0.3 is 15.3 Å². The zero-order valence-electron chi connectivity index (χ0n) is 16.7. The second-order valence-electron chi connectivity index (χ2n) is 8.15. The summed E-state index contributed by atoms with van der Waals surface area (Å²) in [6.07, 6.45) is 2.27. The molecule has 3 saturated heterocycles. The predicted molar refractivity (Wildman–Crippen MR) is 119 cm³/mol. The van der Waals surface area contributed by atoms with Crippen LogP contribution in [0.25, 0.3) is 33.3 Å². The first-order chi connectivity index (χ1) is 15.0. The summed E-state index contributed by atoms with van der Waals surface area (Å²) in [4.78, 5) is 11.8. The van der Waals surface area contributed by atoms with Crippen LogP contribution in [0, 0.1) is 0 Å². The Morgan fingerprint density at radius 2 is 2.10 bits per heavy atom. The van der Waals surface area contributed by atoms with E-state index < -0.39 is 0 Å². The van der Waals surface area contributed by atoms with Crippen molar-refractivity contribution in [3.8, 4) is 11.3 Å². The maximum absolute atomic E-state index is 10.1. The van der Waals surface area contributed by atoms with Crippen LogP contribution in [0.4, 0.5) is 5.82 Å². The lowest BCUT2D eigenvalue weighted by atomic mass is 9.93. The first kappa shape index (κ1) is 19.2. The second kappa shape index (κ2) is 7.03. The number of fused-ring (bicyclic) bond motifs is 5. The van der Waals surface area contributed by atoms with E-state index in [9.17, 15) is 5.11 Å². The minimum atomic E-state index is -0.203. The van der Waals surface area contributed by atoms with Crippen molar-refractivity contribution >= 4 is 51.1 Å². The zero-order chi connectivity index (χ0) is 21.3. The van der Waals surface area contributed by atoms with Crippen LogP contribution in [0.2, 0.25) is 10.2 Å². The van der Waals surface area contributed by atoms with Gasteiger partial charge in [-0.25, -0.2) is 9.97 Å². The fourth-order valence-corrected chi connectivity index (χ4v) is 5.38. The van der Waals surface area contributed by atoms with Gasteiger partial charge in [-0.2, -0.15) is 10.2 Å². The number of halogens is 2. The van der Waals surface area contributed by atoms with Gasteiger partial charge in [0.25, 0.3) is 0 Å². The van der Waals surface area contributed by atoms with Gasteiger partial charge in [-0.15, -0.1) is 0 Å². The molecular formula is C20H20Cl2N8O. The van der Waals surface area contributed by atoms with Gasteiger partial charge in [0, 0.05) is 37.8 Å². The number of piperazine rings is 1. The highest BCUT2D eigenvalue weighted by molar-refractivity contribution is 6.43. The van der Waals surface area contributed by atoms with E-state index in [4.69, 9.17) is 33.2 Å². The molecule has 6 heterocycles. The Labute approximate surface area is 187 Å². The van der Waals surface area contributed by atoms with Crippen LogP contribution >= 0.6 is 23.2 Å². The summed E-state index contributed by atoms with van der Waals surface area (Å²) >= 11 is 13.1. The van der Waals surface area contributed by atoms with Gasteiger partial charge >= 0.3 is 0 Å². The average Bonchev–Trinajstić information content (AvgIpc) is 3.34. The zero-order valence-corrected chi connectivity index (χ0v) is 18.2. The van der Waals surface area contributed by atoms with Crippen molar-refractivity contribution in [3.63, 3.8) is 0 Å². The number of aromatic amines is 1. The van der Waals surface area contributed by atoms with E-state index in [1.54, 1.807) is 11.7 Å². The fraction of sp³-hybridized carbons (Fsp3) is 0.400. The molecule has 31 heavy (non-hydrogen) atoms. The summed E-state index contributed by atoms with van der Waals surface area (Å²) in [6.45, 7) is 1.57. The Hall–Kier alpha value is -2.46.